The second-order valence-corrected chi connectivity index (χ2v) is 4.72. The Kier molecular flexibility index (Phi) is 3.29. The maximum atomic E-state index is 12.2. The normalized spacial score (nSPS) is 22.1. The van der Waals surface area contributed by atoms with E-state index in [1.807, 2.05) is 0 Å². The van der Waals surface area contributed by atoms with Gasteiger partial charge in [-0.25, -0.2) is 0 Å². The highest BCUT2D eigenvalue weighted by Crippen LogP contribution is 2.44. The fourth-order valence-electron chi connectivity index (χ4n) is 1.98. The van der Waals surface area contributed by atoms with Crippen molar-refractivity contribution < 1.29 is 14.3 Å². The Labute approximate surface area is 106 Å². The van der Waals surface area contributed by atoms with Crippen molar-refractivity contribution in [3.63, 3.8) is 0 Å². The van der Waals surface area contributed by atoms with Gasteiger partial charge in [-0.3, -0.25) is 4.79 Å². The third-order valence-corrected chi connectivity index (χ3v) is 3.56. The summed E-state index contributed by atoms with van der Waals surface area (Å²) in [6.45, 7) is 2.07. The number of ether oxygens (including phenoxy) is 2. The summed E-state index contributed by atoms with van der Waals surface area (Å²) in [4.78, 5) is 12.2. The molecule has 0 heterocycles. The molecule has 3 nitrogen and oxygen atoms in total. The van der Waals surface area contributed by atoms with Crippen molar-refractivity contribution in [2.75, 3.05) is 14.2 Å². The summed E-state index contributed by atoms with van der Waals surface area (Å²) < 4.78 is 10.3. The van der Waals surface area contributed by atoms with E-state index in [1.165, 1.54) is 14.2 Å². The molecule has 1 aliphatic rings. The number of hydrogen-bond acceptors (Lipinski definition) is 3. The fraction of sp³-hybridized carbons (Fsp3) is 0.462. The predicted molar refractivity (Wildman–Crippen MR) is 66.2 cm³/mol. The number of hydrogen-bond donors (Lipinski definition) is 0. The minimum Gasteiger partial charge on any atom is -0.495 e. The minimum atomic E-state index is 0.110. The maximum absolute atomic E-state index is 12.2. The van der Waals surface area contributed by atoms with Crippen LogP contribution in [0.1, 0.15) is 23.7 Å². The molecule has 2 unspecified atom stereocenters. The predicted octanol–water partition coefficient (Wildman–Crippen LogP) is 3.20. The first kappa shape index (κ1) is 12.2. The fourth-order valence-corrected chi connectivity index (χ4v) is 2.30. The van der Waals surface area contributed by atoms with Gasteiger partial charge in [0.2, 0.25) is 0 Å². The van der Waals surface area contributed by atoms with Crippen molar-refractivity contribution in [3.05, 3.63) is 22.7 Å². The molecule has 1 aromatic rings. The Morgan fingerprint density at radius 1 is 1.35 bits per heavy atom. The van der Waals surface area contributed by atoms with Crippen molar-refractivity contribution in [2.45, 2.75) is 13.3 Å². The van der Waals surface area contributed by atoms with Gasteiger partial charge in [-0.2, -0.15) is 0 Å². The molecule has 1 fully saturated rings. The minimum absolute atomic E-state index is 0.110. The molecule has 1 aliphatic carbocycles. The Morgan fingerprint density at radius 3 is 2.47 bits per heavy atom. The number of rotatable bonds is 4. The number of halogens is 1. The quantitative estimate of drug-likeness (QED) is 0.774. The Balaban J connectivity index is 2.40. The summed E-state index contributed by atoms with van der Waals surface area (Å²) in [5.74, 6) is 1.62. The van der Waals surface area contributed by atoms with Crippen molar-refractivity contribution in [2.24, 2.45) is 11.8 Å². The molecule has 0 spiro atoms. The van der Waals surface area contributed by atoms with Crippen LogP contribution in [0, 0.1) is 11.8 Å². The third-order valence-electron chi connectivity index (χ3n) is 3.20. The van der Waals surface area contributed by atoms with Crippen LogP contribution in [-0.2, 0) is 0 Å². The molecule has 2 atom stereocenters. The number of carbonyl (C=O) groups is 1. The zero-order valence-corrected chi connectivity index (χ0v) is 10.9. The van der Waals surface area contributed by atoms with E-state index in [2.05, 4.69) is 6.92 Å². The van der Waals surface area contributed by atoms with Crippen LogP contribution in [0.4, 0.5) is 0 Å². The summed E-state index contributed by atoms with van der Waals surface area (Å²) in [5.41, 5.74) is 0.549. The molecule has 0 saturated heterocycles. The standard InChI is InChI=1S/C13H15ClO3/c1-7-6-9(7)12(15)8-4-5-10(16-2)11(14)13(8)17-3/h4-5,7,9H,6H2,1-3H3. The Hall–Kier alpha value is -1.22. The number of ketones is 1. The van der Waals surface area contributed by atoms with Gasteiger partial charge in [-0.05, 0) is 24.5 Å². The summed E-state index contributed by atoms with van der Waals surface area (Å²) in [5, 5.41) is 0.356. The summed E-state index contributed by atoms with van der Waals surface area (Å²) in [7, 11) is 3.04. The number of methoxy groups -OCH3 is 2. The zero-order valence-electron chi connectivity index (χ0n) is 10.1. The monoisotopic (exact) mass is 254 g/mol. The van der Waals surface area contributed by atoms with E-state index < -0.39 is 0 Å². The second-order valence-electron chi connectivity index (χ2n) is 4.35. The molecule has 1 aromatic carbocycles. The van der Waals surface area contributed by atoms with Gasteiger partial charge < -0.3 is 9.47 Å². The first-order chi connectivity index (χ1) is 8.10. The molecule has 0 N–H and O–H groups in total. The smallest absolute Gasteiger partial charge is 0.170 e. The van der Waals surface area contributed by atoms with E-state index in [0.717, 1.165) is 6.42 Å². The molecule has 0 aliphatic heterocycles. The second kappa shape index (κ2) is 4.57. The molecule has 0 bridgehead atoms. The molecule has 2 rings (SSSR count). The number of Topliss-reactive ketones (excluding diaryl/α,β-unsaturated/α-hetero) is 1. The molecule has 0 aromatic heterocycles. The maximum Gasteiger partial charge on any atom is 0.170 e. The zero-order chi connectivity index (χ0) is 12.6. The molecule has 92 valence electrons. The average Bonchev–Trinajstić information content (AvgIpc) is 3.05. The SMILES string of the molecule is COc1ccc(C(=O)C2CC2C)c(OC)c1Cl. The van der Waals surface area contributed by atoms with E-state index >= 15 is 0 Å². The van der Waals surface area contributed by atoms with Crippen LogP contribution in [0.2, 0.25) is 5.02 Å². The number of carbonyl (C=O) groups excluding carboxylic acids is 1. The molecule has 1 saturated carbocycles. The molecule has 4 heteroatoms. The van der Waals surface area contributed by atoms with Crippen LogP contribution >= 0.6 is 11.6 Å². The molecule has 17 heavy (non-hydrogen) atoms. The van der Waals surface area contributed by atoms with E-state index in [1.54, 1.807) is 12.1 Å². The third kappa shape index (κ3) is 2.12. The lowest BCUT2D eigenvalue weighted by molar-refractivity contribution is 0.0959. The van der Waals surface area contributed by atoms with Crippen LogP contribution in [0.15, 0.2) is 12.1 Å². The summed E-state index contributed by atoms with van der Waals surface area (Å²) in [6, 6.07) is 3.42. The summed E-state index contributed by atoms with van der Waals surface area (Å²) in [6.07, 6.45) is 0.950. The highest BCUT2D eigenvalue weighted by molar-refractivity contribution is 6.34. The van der Waals surface area contributed by atoms with Crippen LogP contribution in [0.25, 0.3) is 0 Å². The average molecular weight is 255 g/mol. The summed E-state index contributed by atoms with van der Waals surface area (Å²) >= 11 is 6.12. The van der Waals surface area contributed by atoms with Gasteiger partial charge in [0.05, 0.1) is 19.8 Å². The van der Waals surface area contributed by atoms with E-state index in [0.29, 0.717) is 28.0 Å². The highest BCUT2D eigenvalue weighted by atomic mass is 35.5. The van der Waals surface area contributed by atoms with Gasteiger partial charge in [0, 0.05) is 5.92 Å². The topological polar surface area (TPSA) is 35.5 Å². The number of benzene rings is 1. The van der Waals surface area contributed by atoms with Crippen LogP contribution < -0.4 is 9.47 Å². The van der Waals surface area contributed by atoms with Crippen molar-refractivity contribution in [1.29, 1.82) is 0 Å². The van der Waals surface area contributed by atoms with Crippen LogP contribution in [0.5, 0.6) is 11.5 Å². The lowest BCUT2D eigenvalue weighted by atomic mass is 10.0. The van der Waals surface area contributed by atoms with E-state index in [4.69, 9.17) is 21.1 Å². The lowest BCUT2D eigenvalue weighted by Crippen LogP contribution is -2.06. The van der Waals surface area contributed by atoms with Crippen molar-refractivity contribution >= 4 is 17.4 Å². The van der Waals surface area contributed by atoms with Gasteiger partial charge in [0.1, 0.15) is 10.8 Å². The highest BCUT2D eigenvalue weighted by Gasteiger charge is 2.40. The van der Waals surface area contributed by atoms with E-state index in [9.17, 15) is 4.79 Å². The van der Waals surface area contributed by atoms with E-state index in [-0.39, 0.29) is 11.7 Å². The Morgan fingerprint density at radius 2 is 2.00 bits per heavy atom. The van der Waals surface area contributed by atoms with Gasteiger partial charge in [0.25, 0.3) is 0 Å². The molecular weight excluding hydrogens is 240 g/mol. The van der Waals surface area contributed by atoms with Crippen LogP contribution in [-0.4, -0.2) is 20.0 Å². The first-order valence-corrected chi connectivity index (χ1v) is 5.92. The van der Waals surface area contributed by atoms with Gasteiger partial charge in [0.15, 0.2) is 11.5 Å². The van der Waals surface area contributed by atoms with Crippen LogP contribution in [0.3, 0.4) is 0 Å². The van der Waals surface area contributed by atoms with Crippen molar-refractivity contribution in [1.82, 2.24) is 0 Å². The molecule has 0 amide bonds. The lowest BCUT2D eigenvalue weighted by Gasteiger charge is -2.12. The van der Waals surface area contributed by atoms with Gasteiger partial charge in [-0.15, -0.1) is 0 Å². The van der Waals surface area contributed by atoms with Gasteiger partial charge >= 0.3 is 0 Å². The molecule has 0 radical (unpaired) electrons. The Bertz CT molecular complexity index is 456. The first-order valence-electron chi connectivity index (χ1n) is 5.54. The largest absolute Gasteiger partial charge is 0.495 e. The molecular formula is C13H15ClO3. The van der Waals surface area contributed by atoms with Gasteiger partial charge in [-0.1, -0.05) is 18.5 Å². The van der Waals surface area contributed by atoms with Crippen molar-refractivity contribution in [3.8, 4) is 11.5 Å².